The van der Waals surface area contributed by atoms with Crippen molar-refractivity contribution in [1.29, 1.82) is 0 Å². The number of amides is 2. The zero-order valence-electron chi connectivity index (χ0n) is 14.4. The third-order valence-corrected chi connectivity index (χ3v) is 3.82. The minimum absolute atomic E-state index is 0.233. The predicted molar refractivity (Wildman–Crippen MR) is 97.9 cm³/mol. The number of nitrogens with one attached hydrogen (secondary N) is 2. The lowest BCUT2D eigenvalue weighted by molar-refractivity contribution is -0.114. The van der Waals surface area contributed by atoms with Gasteiger partial charge in [-0.05, 0) is 31.2 Å². The molecule has 0 saturated carbocycles. The highest BCUT2D eigenvalue weighted by Crippen LogP contribution is 2.28. The first-order valence-electron chi connectivity index (χ1n) is 7.45. The van der Waals surface area contributed by atoms with Gasteiger partial charge in [-0.2, -0.15) is 5.10 Å². The van der Waals surface area contributed by atoms with Crippen molar-refractivity contribution in [2.24, 2.45) is 7.05 Å². The molecule has 2 amide bonds. The Morgan fingerprint density at radius 3 is 2.60 bits per heavy atom. The Morgan fingerprint density at radius 2 is 2.04 bits per heavy atom. The van der Waals surface area contributed by atoms with Gasteiger partial charge in [0.1, 0.15) is 10.9 Å². The molecule has 7 nitrogen and oxygen atoms in total. The molecule has 1 aromatic heterocycles. The number of methoxy groups -OCH3 is 1. The molecular formula is C17H19ClN4O3. The number of carbonyl (C=O) groups excluding carboxylic acids is 2. The number of rotatable bonds is 5. The molecule has 0 aliphatic heterocycles. The molecule has 0 unspecified atom stereocenters. The van der Waals surface area contributed by atoms with Crippen LogP contribution in [0.5, 0.6) is 5.75 Å². The first-order chi connectivity index (χ1) is 11.8. The summed E-state index contributed by atoms with van der Waals surface area (Å²) in [5, 5.41) is 10.0. The average Bonchev–Trinajstić information content (AvgIpc) is 2.78. The van der Waals surface area contributed by atoms with Gasteiger partial charge in [0.25, 0.3) is 0 Å². The predicted octanol–water partition coefficient (Wildman–Crippen LogP) is 3.00. The summed E-state index contributed by atoms with van der Waals surface area (Å²) in [6.45, 7) is 3.21. The highest BCUT2D eigenvalue weighted by molar-refractivity contribution is 6.31. The van der Waals surface area contributed by atoms with Gasteiger partial charge in [-0.1, -0.05) is 11.6 Å². The summed E-state index contributed by atoms with van der Waals surface area (Å²) in [4.78, 5) is 23.4. The maximum absolute atomic E-state index is 12.1. The third kappa shape index (κ3) is 4.60. The van der Waals surface area contributed by atoms with E-state index >= 15 is 0 Å². The van der Waals surface area contributed by atoms with Crippen LogP contribution < -0.4 is 15.4 Å². The summed E-state index contributed by atoms with van der Waals surface area (Å²) >= 11 is 6.12. The summed E-state index contributed by atoms with van der Waals surface area (Å²) in [6, 6.07) is 4.96. The molecule has 1 aromatic carbocycles. The van der Waals surface area contributed by atoms with Crippen molar-refractivity contribution in [1.82, 2.24) is 9.78 Å². The van der Waals surface area contributed by atoms with Crippen molar-refractivity contribution in [2.75, 3.05) is 17.7 Å². The van der Waals surface area contributed by atoms with Gasteiger partial charge in [0.05, 0.1) is 18.5 Å². The van der Waals surface area contributed by atoms with Gasteiger partial charge in [0.15, 0.2) is 0 Å². The first-order valence-corrected chi connectivity index (χ1v) is 7.83. The lowest BCUT2D eigenvalue weighted by Gasteiger charge is -2.11. The summed E-state index contributed by atoms with van der Waals surface area (Å²) in [6.07, 6.45) is 2.98. The van der Waals surface area contributed by atoms with Gasteiger partial charge < -0.3 is 15.4 Å². The monoisotopic (exact) mass is 362 g/mol. The van der Waals surface area contributed by atoms with Crippen LogP contribution in [0.25, 0.3) is 6.08 Å². The third-order valence-electron chi connectivity index (χ3n) is 3.38. The smallest absolute Gasteiger partial charge is 0.248 e. The van der Waals surface area contributed by atoms with Crippen molar-refractivity contribution in [2.45, 2.75) is 13.8 Å². The van der Waals surface area contributed by atoms with E-state index < -0.39 is 0 Å². The molecule has 0 saturated heterocycles. The van der Waals surface area contributed by atoms with E-state index in [1.165, 1.54) is 24.8 Å². The molecule has 0 aliphatic rings. The van der Waals surface area contributed by atoms with Crippen molar-refractivity contribution >= 4 is 40.9 Å². The summed E-state index contributed by atoms with van der Waals surface area (Å²) in [7, 11) is 3.23. The largest absolute Gasteiger partial charge is 0.495 e. The molecule has 2 rings (SSSR count). The molecular weight excluding hydrogens is 344 g/mol. The average molecular weight is 363 g/mol. The number of benzene rings is 1. The topological polar surface area (TPSA) is 85.2 Å². The van der Waals surface area contributed by atoms with Crippen LogP contribution in [0.3, 0.4) is 0 Å². The van der Waals surface area contributed by atoms with E-state index in [-0.39, 0.29) is 11.8 Å². The molecule has 8 heteroatoms. The van der Waals surface area contributed by atoms with Crippen LogP contribution in [0, 0.1) is 6.92 Å². The number of nitrogens with zero attached hydrogens (tertiary/aromatic N) is 2. The lowest BCUT2D eigenvalue weighted by atomic mass is 10.2. The fourth-order valence-corrected chi connectivity index (χ4v) is 2.49. The zero-order chi connectivity index (χ0) is 18.6. The Balaban J connectivity index is 2.14. The minimum atomic E-state index is -0.335. The normalized spacial score (nSPS) is 10.8. The molecule has 0 aliphatic carbocycles. The molecule has 0 spiro atoms. The standard InChI is InChI=1S/C17H19ClN4O3/c1-10-13(17(18)22(3)21-10)6-8-16(24)20-12-5-7-15(25-4)14(9-12)19-11(2)23/h5-9H,1-4H3,(H,19,23)(H,20,24)/b8-6+. The van der Waals surface area contributed by atoms with Crippen molar-refractivity contribution in [3.8, 4) is 5.75 Å². The Kier molecular flexibility index (Phi) is 5.82. The summed E-state index contributed by atoms with van der Waals surface area (Å²) in [5.41, 5.74) is 2.41. The second-order valence-electron chi connectivity index (χ2n) is 5.33. The van der Waals surface area contributed by atoms with Crippen LogP contribution in [0.15, 0.2) is 24.3 Å². The van der Waals surface area contributed by atoms with Crippen LogP contribution in [0.1, 0.15) is 18.2 Å². The lowest BCUT2D eigenvalue weighted by Crippen LogP contribution is -2.10. The SMILES string of the molecule is COc1ccc(NC(=O)/C=C/c2c(C)nn(C)c2Cl)cc1NC(C)=O. The highest BCUT2D eigenvalue weighted by atomic mass is 35.5. The van der Waals surface area contributed by atoms with Gasteiger partial charge in [0.2, 0.25) is 11.8 Å². The molecule has 0 radical (unpaired) electrons. The van der Waals surface area contributed by atoms with E-state index in [9.17, 15) is 9.59 Å². The number of ether oxygens (including phenoxy) is 1. The van der Waals surface area contributed by atoms with Crippen molar-refractivity contribution in [3.63, 3.8) is 0 Å². The van der Waals surface area contributed by atoms with Crippen LogP contribution in [-0.2, 0) is 16.6 Å². The summed E-state index contributed by atoms with van der Waals surface area (Å²) in [5.74, 6) is -0.0665. The Morgan fingerprint density at radius 1 is 1.32 bits per heavy atom. The first kappa shape index (κ1) is 18.5. The van der Waals surface area contributed by atoms with E-state index in [1.807, 2.05) is 6.92 Å². The van der Waals surface area contributed by atoms with Gasteiger partial charge in [-0.3, -0.25) is 14.3 Å². The fraction of sp³-hybridized carbons (Fsp3) is 0.235. The highest BCUT2D eigenvalue weighted by Gasteiger charge is 2.10. The van der Waals surface area contributed by atoms with Crippen molar-refractivity contribution < 1.29 is 14.3 Å². The minimum Gasteiger partial charge on any atom is -0.495 e. The Hall–Kier alpha value is -2.80. The summed E-state index contributed by atoms with van der Waals surface area (Å²) < 4.78 is 6.71. The van der Waals surface area contributed by atoms with E-state index in [2.05, 4.69) is 15.7 Å². The second-order valence-corrected chi connectivity index (χ2v) is 5.69. The van der Waals surface area contributed by atoms with Gasteiger partial charge >= 0.3 is 0 Å². The maximum Gasteiger partial charge on any atom is 0.248 e. The van der Waals surface area contributed by atoms with Crippen LogP contribution in [0.2, 0.25) is 5.15 Å². The zero-order valence-corrected chi connectivity index (χ0v) is 15.1. The number of hydrogen-bond donors (Lipinski definition) is 2. The molecule has 132 valence electrons. The van der Waals surface area contributed by atoms with Gasteiger partial charge in [-0.15, -0.1) is 0 Å². The number of aryl methyl sites for hydroxylation is 2. The van der Waals surface area contributed by atoms with Gasteiger partial charge in [-0.25, -0.2) is 0 Å². The van der Waals surface area contributed by atoms with E-state index in [4.69, 9.17) is 16.3 Å². The van der Waals surface area contributed by atoms with E-state index in [0.29, 0.717) is 27.8 Å². The number of anilines is 2. The Labute approximate surface area is 150 Å². The molecule has 0 bridgehead atoms. The van der Waals surface area contributed by atoms with Crippen LogP contribution >= 0.6 is 11.6 Å². The second kappa shape index (κ2) is 7.85. The van der Waals surface area contributed by atoms with Gasteiger partial charge in [0, 0.05) is 31.3 Å². The number of halogens is 1. The molecule has 2 aromatic rings. The molecule has 1 heterocycles. The fourth-order valence-electron chi connectivity index (χ4n) is 2.25. The molecule has 2 N–H and O–H groups in total. The Bertz CT molecular complexity index is 843. The van der Waals surface area contributed by atoms with Crippen LogP contribution in [-0.4, -0.2) is 28.7 Å². The number of aromatic nitrogens is 2. The quantitative estimate of drug-likeness (QED) is 0.801. The maximum atomic E-state index is 12.1. The number of hydrogen-bond acceptors (Lipinski definition) is 4. The van der Waals surface area contributed by atoms with E-state index in [0.717, 1.165) is 5.69 Å². The van der Waals surface area contributed by atoms with E-state index in [1.54, 1.807) is 31.3 Å². The molecule has 0 atom stereocenters. The molecule has 25 heavy (non-hydrogen) atoms. The number of carbonyl (C=O) groups is 2. The van der Waals surface area contributed by atoms with Crippen molar-refractivity contribution in [3.05, 3.63) is 40.7 Å². The molecule has 0 fully saturated rings. The van der Waals surface area contributed by atoms with Crippen LogP contribution in [0.4, 0.5) is 11.4 Å².